The van der Waals surface area contributed by atoms with Crippen molar-refractivity contribution in [2.45, 2.75) is 72.6 Å². The Morgan fingerprint density at radius 1 is 0.750 bits per heavy atom. The molecule has 0 saturated heterocycles. The van der Waals surface area contributed by atoms with Gasteiger partial charge in [0, 0.05) is 0 Å². The van der Waals surface area contributed by atoms with Gasteiger partial charge in [-0.2, -0.15) is 0 Å². The molecule has 4 aliphatic rings. The normalized spacial score (nSPS) is 27.0. The molecule has 4 rings (SSSR count). The Labute approximate surface area is 167 Å². The predicted molar refractivity (Wildman–Crippen MR) is 93.1 cm³/mol. The van der Waals surface area contributed by atoms with Crippen LogP contribution in [0.2, 0.25) is 7.35 Å². The topological polar surface area (TPSA) is 0 Å². The first kappa shape index (κ1) is 20.6. The maximum atomic E-state index is 2.64. The minimum Gasteiger partial charge on any atom is -1.00 e. The Bertz CT molecular complexity index is 595. The Kier molecular flexibility index (Phi) is 7.53. The molecule has 130 valence electrons. The Morgan fingerprint density at radius 3 is 1.58 bits per heavy atom. The van der Waals surface area contributed by atoms with Crippen molar-refractivity contribution in [2.75, 3.05) is 0 Å². The molecule has 0 saturated carbocycles. The van der Waals surface area contributed by atoms with Crippen molar-refractivity contribution >= 4 is 3.26 Å². The molecule has 0 bridgehead atoms. The molecule has 0 amide bonds. The second-order valence-corrected chi connectivity index (χ2v) is 19.0. The van der Waals surface area contributed by atoms with E-state index in [2.05, 4.69) is 38.2 Å². The van der Waals surface area contributed by atoms with Gasteiger partial charge in [-0.1, -0.05) is 0 Å². The van der Waals surface area contributed by atoms with Gasteiger partial charge in [0.15, 0.2) is 0 Å². The fourth-order valence-electron chi connectivity index (χ4n) is 5.05. The van der Waals surface area contributed by atoms with Gasteiger partial charge in [-0.25, -0.2) is 0 Å². The van der Waals surface area contributed by atoms with Crippen molar-refractivity contribution in [3.63, 3.8) is 0 Å². The molecular weight excluding hydrogens is 502 g/mol. The minimum absolute atomic E-state index is 0. The summed E-state index contributed by atoms with van der Waals surface area (Å²) in [5.41, 5.74) is 7.24. The minimum atomic E-state index is -1.86. The summed E-state index contributed by atoms with van der Waals surface area (Å²) in [7, 11) is 0. The van der Waals surface area contributed by atoms with Crippen LogP contribution in [0.5, 0.6) is 0 Å². The van der Waals surface area contributed by atoms with E-state index in [4.69, 9.17) is 0 Å². The van der Waals surface area contributed by atoms with E-state index in [1.54, 1.807) is 11.1 Å². The molecule has 0 radical (unpaired) electrons. The first-order valence-electron chi connectivity index (χ1n) is 9.23. The molecule has 0 N–H and O–H groups in total. The summed E-state index contributed by atoms with van der Waals surface area (Å²) in [6.07, 6.45) is 21.5. The molecule has 0 aromatic heterocycles. The van der Waals surface area contributed by atoms with Gasteiger partial charge in [-0.3, -0.25) is 0 Å². The first-order valence-corrected chi connectivity index (χ1v) is 15.2. The van der Waals surface area contributed by atoms with Crippen molar-refractivity contribution in [2.24, 2.45) is 0 Å². The van der Waals surface area contributed by atoms with E-state index in [0.717, 1.165) is 7.35 Å². The molecule has 0 fully saturated rings. The van der Waals surface area contributed by atoms with Gasteiger partial charge in [0.2, 0.25) is 0 Å². The van der Waals surface area contributed by atoms with Gasteiger partial charge in [0.05, 0.1) is 0 Å². The molecule has 24 heavy (non-hydrogen) atoms. The molecular formula is C21H28Cl2Hf. The summed E-state index contributed by atoms with van der Waals surface area (Å²) >= 11 is -1.86. The fourth-order valence-corrected chi connectivity index (χ4v) is 18.2. The summed E-state index contributed by atoms with van der Waals surface area (Å²) < 4.78 is 3.63. The van der Waals surface area contributed by atoms with Crippen LogP contribution in [0.3, 0.4) is 0 Å². The number of halogens is 2. The number of hydrogen-bond acceptors (Lipinski definition) is 0. The van der Waals surface area contributed by atoms with Gasteiger partial charge >= 0.3 is 143 Å². The SMILES string of the molecule is C[C](C)=[Hf+2]([CH]1C=CC2=C1CCCC2)[CH]1C=CC2=C1CCCC2.[Cl-].[Cl-]. The Hall–Kier alpha value is 0.280. The monoisotopic (exact) mass is 530 g/mol. The van der Waals surface area contributed by atoms with Gasteiger partial charge in [0.1, 0.15) is 0 Å². The molecule has 0 spiro atoms. The fraction of sp³-hybridized carbons (Fsp3) is 0.571. The van der Waals surface area contributed by atoms with E-state index in [1.807, 2.05) is 14.4 Å². The quantitative estimate of drug-likeness (QED) is 0.451. The van der Waals surface area contributed by atoms with Crippen molar-refractivity contribution in [3.05, 3.63) is 46.6 Å². The van der Waals surface area contributed by atoms with Gasteiger partial charge in [0.25, 0.3) is 0 Å². The third-order valence-electron chi connectivity index (χ3n) is 6.09. The zero-order valence-electron chi connectivity index (χ0n) is 14.9. The number of rotatable bonds is 2. The van der Waals surface area contributed by atoms with Crippen LogP contribution < -0.4 is 24.8 Å². The average molecular weight is 530 g/mol. The smallest absolute Gasteiger partial charge is 1.00 e. The Morgan fingerprint density at radius 2 is 1.17 bits per heavy atom. The summed E-state index contributed by atoms with van der Waals surface area (Å²) in [5, 5.41) is 0. The van der Waals surface area contributed by atoms with Crippen LogP contribution in [0.4, 0.5) is 0 Å². The number of allylic oxidation sites excluding steroid dienone is 8. The third-order valence-corrected chi connectivity index (χ3v) is 18.9. The summed E-state index contributed by atoms with van der Waals surface area (Å²) in [6, 6.07) is 0. The second-order valence-electron chi connectivity index (χ2n) is 7.64. The molecule has 2 unspecified atom stereocenters. The van der Waals surface area contributed by atoms with Crippen molar-refractivity contribution in [1.29, 1.82) is 0 Å². The predicted octanol–water partition coefficient (Wildman–Crippen LogP) is 0.283. The van der Waals surface area contributed by atoms with Gasteiger partial charge in [-0.05, 0) is 0 Å². The number of hydrogen-bond donors (Lipinski definition) is 0. The summed E-state index contributed by atoms with van der Waals surface area (Å²) in [4.78, 5) is 0. The molecule has 4 aliphatic carbocycles. The molecule has 0 aromatic rings. The Balaban J connectivity index is 0.00000104. The van der Waals surface area contributed by atoms with E-state index < -0.39 is 21.0 Å². The average Bonchev–Trinajstić information content (AvgIpc) is 3.13. The van der Waals surface area contributed by atoms with Crippen LogP contribution in [0.25, 0.3) is 0 Å². The molecule has 0 nitrogen and oxygen atoms in total. The van der Waals surface area contributed by atoms with Crippen LogP contribution in [-0.2, 0) is 21.0 Å². The largest absolute Gasteiger partial charge is 1.00 e. The van der Waals surface area contributed by atoms with Crippen LogP contribution in [-0.4, -0.2) is 3.26 Å². The second kappa shape index (κ2) is 8.78. The maximum Gasteiger partial charge on any atom is -1.00 e. The van der Waals surface area contributed by atoms with Crippen LogP contribution in [0, 0.1) is 0 Å². The van der Waals surface area contributed by atoms with Crippen molar-refractivity contribution in [3.8, 4) is 0 Å². The molecule has 0 aliphatic heterocycles. The molecule has 3 heteroatoms. The van der Waals surface area contributed by atoms with E-state index in [1.165, 1.54) is 51.4 Å². The molecule has 2 atom stereocenters. The molecule has 0 heterocycles. The van der Waals surface area contributed by atoms with E-state index in [-0.39, 0.29) is 24.8 Å². The maximum absolute atomic E-state index is 2.64. The van der Waals surface area contributed by atoms with E-state index in [0.29, 0.717) is 0 Å². The molecule has 0 aromatic carbocycles. The van der Waals surface area contributed by atoms with Gasteiger partial charge in [-0.15, -0.1) is 0 Å². The van der Waals surface area contributed by atoms with E-state index >= 15 is 0 Å². The third kappa shape index (κ3) is 3.69. The summed E-state index contributed by atoms with van der Waals surface area (Å²) in [5.74, 6) is 0. The van der Waals surface area contributed by atoms with Crippen molar-refractivity contribution in [1.82, 2.24) is 0 Å². The van der Waals surface area contributed by atoms with Crippen LogP contribution in [0.15, 0.2) is 46.6 Å². The standard InChI is InChI=1S/2C9H11.C3H6.2ClH.Hf/c2*1-2-5-9-7-3-6-8(9)4-1;1-3-2;;;/h2*3,6-7H,1-2,4-5H2;1-2H3;2*1H;/q;;;;;+2/p-2. The summed E-state index contributed by atoms with van der Waals surface area (Å²) in [6.45, 7) is 4.93. The van der Waals surface area contributed by atoms with Gasteiger partial charge < -0.3 is 24.8 Å². The van der Waals surface area contributed by atoms with Crippen LogP contribution in [0.1, 0.15) is 65.2 Å². The first-order chi connectivity index (χ1) is 10.8. The van der Waals surface area contributed by atoms with Crippen LogP contribution >= 0.6 is 0 Å². The zero-order valence-corrected chi connectivity index (χ0v) is 20.0. The van der Waals surface area contributed by atoms with E-state index in [9.17, 15) is 0 Å². The van der Waals surface area contributed by atoms with Crippen molar-refractivity contribution < 1.29 is 45.8 Å². The zero-order chi connectivity index (χ0) is 15.1.